The second-order valence-electron chi connectivity index (χ2n) is 12.0. The fraction of sp³-hybridized carbons (Fsp3) is 0.314. The molecule has 1 atom stereocenters. The van der Waals surface area contributed by atoms with Crippen molar-refractivity contribution < 1.29 is 29.3 Å². The van der Waals surface area contributed by atoms with E-state index in [1.165, 1.54) is 11.1 Å². The largest absolute Gasteiger partial charge is 0.511 e. The minimum Gasteiger partial charge on any atom is -0.511 e. The normalized spacial score (nSPS) is 16.8. The third-order valence-corrected chi connectivity index (χ3v) is 8.08. The van der Waals surface area contributed by atoms with Crippen molar-refractivity contribution in [1.82, 2.24) is 5.32 Å². The number of carbonyl (C=O) groups is 3. The van der Waals surface area contributed by atoms with Crippen molar-refractivity contribution in [1.29, 1.82) is 0 Å². The van der Waals surface area contributed by atoms with Gasteiger partial charge in [0.2, 0.25) is 0 Å². The lowest BCUT2D eigenvalue weighted by Crippen LogP contribution is -2.30. The van der Waals surface area contributed by atoms with Gasteiger partial charge in [-0.3, -0.25) is 9.79 Å². The quantitative estimate of drug-likeness (QED) is 0.252. The molecular formula is C35H36N2O6. The van der Waals surface area contributed by atoms with Crippen molar-refractivity contribution in [3.63, 3.8) is 0 Å². The van der Waals surface area contributed by atoms with Crippen LogP contribution in [0.25, 0.3) is 11.1 Å². The molecule has 0 aliphatic heterocycles. The Balaban J connectivity index is 1.16. The number of alkyl carbamates (subject to hydrolysis) is 1. The second kappa shape index (κ2) is 12.3. The third-order valence-electron chi connectivity index (χ3n) is 8.08. The minimum atomic E-state index is -1.12. The van der Waals surface area contributed by atoms with Gasteiger partial charge in [0, 0.05) is 37.4 Å². The van der Waals surface area contributed by atoms with E-state index >= 15 is 0 Å². The molecule has 0 heterocycles. The fourth-order valence-electron chi connectivity index (χ4n) is 6.03. The number of aliphatic hydroxyl groups excluding tert-OH is 1. The Morgan fingerprint density at radius 2 is 1.53 bits per heavy atom. The van der Waals surface area contributed by atoms with Gasteiger partial charge < -0.3 is 20.3 Å². The minimum absolute atomic E-state index is 0.0192. The van der Waals surface area contributed by atoms with Gasteiger partial charge in [0.15, 0.2) is 11.8 Å². The number of amides is 1. The summed E-state index contributed by atoms with van der Waals surface area (Å²) < 4.78 is 5.60. The van der Waals surface area contributed by atoms with Crippen LogP contribution in [0.3, 0.4) is 0 Å². The first kappa shape index (κ1) is 29.8. The highest BCUT2D eigenvalue weighted by Crippen LogP contribution is 2.44. The Labute approximate surface area is 251 Å². The van der Waals surface area contributed by atoms with Crippen LogP contribution >= 0.6 is 0 Å². The molecule has 2 aliphatic carbocycles. The van der Waals surface area contributed by atoms with E-state index in [4.69, 9.17) is 4.74 Å². The van der Waals surface area contributed by atoms with Gasteiger partial charge in [-0.25, -0.2) is 9.59 Å². The Kier molecular flexibility index (Phi) is 8.48. The van der Waals surface area contributed by atoms with E-state index in [-0.39, 0.29) is 60.2 Å². The van der Waals surface area contributed by atoms with Gasteiger partial charge in [-0.05, 0) is 45.7 Å². The number of nitrogens with one attached hydrogen (secondary N) is 1. The van der Waals surface area contributed by atoms with Crippen LogP contribution in [0, 0.1) is 5.41 Å². The van der Waals surface area contributed by atoms with Crippen molar-refractivity contribution >= 4 is 23.6 Å². The molecule has 43 heavy (non-hydrogen) atoms. The van der Waals surface area contributed by atoms with E-state index in [1.807, 2.05) is 50.2 Å². The molecule has 8 nitrogen and oxygen atoms in total. The molecule has 0 spiro atoms. The molecular weight excluding hydrogens is 544 g/mol. The summed E-state index contributed by atoms with van der Waals surface area (Å²) >= 11 is 0. The Hall–Kier alpha value is -4.72. The maximum absolute atomic E-state index is 12.6. The molecule has 0 bridgehead atoms. The number of benzene rings is 3. The predicted molar refractivity (Wildman–Crippen MR) is 164 cm³/mol. The SMILES string of the molecule is CC(=N[C@@H](Cc1ccc(CNC(=O)OCC2c3ccccc3-c3ccccc32)cc1)C(=O)O)C1=C(O)CC(C)(C)CC1=O. The van der Waals surface area contributed by atoms with Gasteiger partial charge in [0.1, 0.15) is 12.4 Å². The first-order valence-electron chi connectivity index (χ1n) is 14.4. The highest BCUT2D eigenvalue weighted by atomic mass is 16.5. The first-order chi connectivity index (χ1) is 20.5. The van der Waals surface area contributed by atoms with Crippen LogP contribution in [0.1, 0.15) is 61.8 Å². The summed E-state index contributed by atoms with van der Waals surface area (Å²) in [4.78, 5) is 41.5. The van der Waals surface area contributed by atoms with Crippen molar-refractivity contribution in [3.05, 3.63) is 106 Å². The zero-order valence-corrected chi connectivity index (χ0v) is 24.6. The molecule has 0 saturated heterocycles. The average molecular weight is 581 g/mol. The third kappa shape index (κ3) is 6.69. The van der Waals surface area contributed by atoms with Crippen LogP contribution in [0.2, 0.25) is 0 Å². The van der Waals surface area contributed by atoms with E-state index < -0.39 is 18.1 Å². The van der Waals surface area contributed by atoms with Gasteiger partial charge in [0.25, 0.3) is 0 Å². The Morgan fingerprint density at radius 3 is 2.12 bits per heavy atom. The first-order valence-corrected chi connectivity index (χ1v) is 14.4. The molecule has 0 radical (unpaired) electrons. The summed E-state index contributed by atoms with van der Waals surface area (Å²) in [7, 11) is 0. The molecule has 5 rings (SSSR count). The summed E-state index contributed by atoms with van der Waals surface area (Å²) in [5, 5.41) is 23.1. The van der Waals surface area contributed by atoms with Crippen LogP contribution < -0.4 is 5.32 Å². The van der Waals surface area contributed by atoms with E-state index in [9.17, 15) is 24.6 Å². The van der Waals surface area contributed by atoms with E-state index in [2.05, 4.69) is 34.6 Å². The number of hydrogen-bond acceptors (Lipinski definition) is 6. The van der Waals surface area contributed by atoms with Crippen LogP contribution in [0.15, 0.2) is 89.1 Å². The molecule has 2 aliphatic rings. The number of rotatable bonds is 9. The van der Waals surface area contributed by atoms with Gasteiger partial charge in [-0.15, -0.1) is 0 Å². The Bertz CT molecular complexity index is 1570. The van der Waals surface area contributed by atoms with Gasteiger partial charge in [-0.1, -0.05) is 86.6 Å². The van der Waals surface area contributed by atoms with Gasteiger partial charge in [-0.2, -0.15) is 0 Å². The summed E-state index contributed by atoms with van der Waals surface area (Å²) in [5.74, 6) is -1.41. The number of aliphatic carboxylic acids is 1. The van der Waals surface area contributed by atoms with Crippen LogP contribution in [0.5, 0.6) is 0 Å². The number of aliphatic imine (C=N–C) groups is 1. The smallest absolute Gasteiger partial charge is 0.407 e. The summed E-state index contributed by atoms with van der Waals surface area (Å²) in [6, 6.07) is 22.4. The molecule has 0 unspecified atom stereocenters. The lowest BCUT2D eigenvalue weighted by molar-refractivity contribution is -0.138. The highest BCUT2D eigenvalue weighted by molar-refractivity contribution is 6.22. The monoisotopic (exact) mass is 580 g/mol. The zero-order valence-electron chi connectivity index (χ0n) is 24.6. The lowest BCUT2D eigenvalue weighted by Gasteiger charge is -2.29. The second-order valence-corrected chi connectivity index (χ2v) is 12.0. The lowest BCUT2D eigenvalue weighted by atomic mass is 9.75. The molecule has 222 valence electrons. The van der Waals surface area contributed by atoms with Crippen molar-refractivity contribution in [2.24, 2.45) is 10.4 Å². The van der Waals surface area contributed by atoms with Crippen molar-refractivity contribution in [2.45, 2.75) is 58.5 Å². The molecule has 1 amide bonds. The number of nitrogens with zero attached hydrogens (tertiary/aromatic N) is 1. The molecule has 3 aromatic rings. The summed E-state index contributed by atoms with van der Waals surface area (Å²) in [6.45, 7) is 5.86. The van der Waals surface area contributed by atoms with E-state index in [1.54, 1.807) is 19.1 Å². The number of fused-ring (bicyclic) bond motifs is 3. The van der Waals surface area contributed by atoms with Gasteiger partial charge >= 0.3 is 12.1 Å². The predicted octanol–water partition coefficient (Wildman–Crippen LogP) is 6.38. The van der Waals surface area contributed by atoms with Gasteiger partial charge in [0.05, 0.1) is 5.57 Å². The fourth-order valence-corrected chi connectivity index (χ4v) is 6.03. The van der Waals surface area contributed by atoms with Crippen LogP contribution in [0.4, 0.5) is 4.79 Å². The maximum Gasteiger partial charge on any atom is 0.407 e. The molecule has 0 fully saturated rings. The van der Waals surface area contributed by atoms with Crippen molar-refractivity contribution in [2.75, 3.05) is 6.61 Å². The number of Topliss-reactive ketones (excluding diaryl/α,β-unsaturated/α-hetero) is 1. The summed E-state index contributed by atoms with van der Waals surface area (Å²) in [5.41, 5.74) is 6.20. The maximum atomic E-state index is 12.6. The van der Waals surface area contributed by atoms with E-state index in [0.717, 1.165) is 22.3 Å². The number of allylic oxidation sites excluding steroid dienone is 2. The molecule has 0 saturated carbocycles. The van der Waals surface area contributed by atoms with E-state index in [0.29, 0.717) is 6.42 Å². The molecule has 0 aromatic heterocycles. The average Bonchev–Trinajstić information content (AvgIpc) is 3.28. The number of carboxylic acids is 1. The number of carboxylic acid groups (broad SMARTS) is 1. The Morgan fingerprint density at radius 1 is 0.953 bits per heavy atom. The number of aliphatic hydroxyl groups is 1. The van der Waals surface area contributed by atoms with Crippen LogP contribution in [-0.2, 0) is 27.3 Å². The topological polar surface area (TPSA) is 125 Å². The highest BCUT2D eigenvalue weighted by Gasteiger charge is 2.34. The summed E-state index contributed by atoms with van der Waals surface area (Å²) in [6.07, 6.45) is 0.202. The number of ether oxygens (including phenoxy) is 1. The van der Waals surface area contributed by atoms with Crippen molar-refractivity contribution in [3.8, 4) is 11.1 Å². The molecule has 3 N–H and O–H groups in total. The molecule has 8 heteroatoms. The standard InChI is InChI=1S/C35H36N2O6/c1-21(32-30(38)17-35(2,3)18-31(32)39)37-29(33(40)41)16-22-12-14-23(15-13-22)19-36-34(42)43-20-28-26-10-6-4-8-24(26)25-9-5-7-11-27(25)28/h4-15,28-29,38H,16-20H2,1-3H3,(H,36,42)(H,40,41)/t29-/m0/s1. The number of carbonyl (C=O) groups excluding carboxylic acids is 2. The number of hydrogen-bond donors (Lipinski definition) is 3. The zero-order chi connectivity index (χ0) is 30.7. The molecule has 3 aromatic carbocycles. The number of ketones is 1. The van der Waals surface area contributed by atoms with Crippen LogP contribution in [-0.4, -0.2) is 46.4 Å².